The fourth-order valence-electron chi connectivity index (χ4n) is 3.42. The Hall–Kier alpha value is -3.45. The first-order valence-corrected chi connectivity index (χ1v) is 12.7. The zero-order valence-electron chi connectivity index (χ0n) is 20.2. The molecule has 16 heteroatoms. The second-order valence-corrected chi connectivity index (χ2v) is 10.00. The topological polar surface area (TPSA) is 207 Å². The molecule has 1 fully saturated rings. The van der Waals surface area contributed by atoms with Crippen LogP contribution in [0, 0.1) is 0 Å². The summed E-state index contributed by atoms with van der Waals surface area (Å²) >= 11 is 0. The van der Waals surface area contributed by atoms with Crippen LogP contribution in [0.15, 0.2) is 57.3 Å². The molecule has 0 saturated carbocycles. The Labute approximate surface area is 210 Å². The summed E-state index contributed by atoms with van der Waals surface area (Å²) < 4.78 is 36.4. The second-order valence-electron chi connectivity index (χ2n) is 8.30. The minimum atomic E-state index is -4.28. The van der Waals surface area contributed by atoms with E-state index in [2.05, 4.69) is 15.1 Å². The highest BCUT2D eigenvalue weighted by molar-refractivity contribution is 7.52. The fraction of sp³-hybridized carbons (Fsp3) is 0.476. The number of hydrogen-bond donors (Lipinski definition) is 3. The predicted octanol–water partition coefficient (Wildman–Crippen LogP) is 1.61. The van der Waals surface area contributed by atoms with E-state index in [-0.39, 0.29) is 5.75 Å². The van der Waals surface area contributed by atoms with Crippen molar-refractivity contribution in [3.8, 4) is 5.75 Å². The number of H-pyrrole nitrogens is 1. The van der Waals surface area contributed by atoms with E-state index in [1.54, 1.807) is 32.0 Å². The molecule has 1 saturated heterocycles. The van der Waals surface area contributed by atoms with Gasteiger partial charge in [0.2, 0.25) is 0 Å². The van der Waals surface area contributed by atoms with E-state index >= 15 is 0 Å². The van der Waals surface area contributed by atoms with Crippen LogP contribution in [0.25, 0.3) is 10.4 Å². The molecule has 2 heterocycles. The number of aromatic nitrogens is 2. The molecule has 3 N–H and O–H groups in total. The molecule has 2 aromatic rings. The summed E-state index contributed by atoms with van der Waals surface area (Å²) in [6.07, 6.45) is -3.33. The van der Waals surface area contributed by atoms with Crippen molar-refractivity contribution in [1.29, 1.82) is 0 Å². The minimum absolute atomic E-state index is 0.167. The lowest BCUT2D eigenvalue weighted by atomic mass is 10.1. The Kier molecular flexibility index (Phi) is 9.27. The summed E-state index contributed by atoms with van der Waals surface area (Å²) in [6, 6.07) is 6.69. The molecule has 37 heavy (non-hydrogen) atoms. The van der Waals surface area contributed by atoms with E-state index < -0.39 is 68.2 Å². The number of rotatable bonds is 11. The first kappa shape index (κ1) is 28.1. The Balaban J connectivity index is 1.82. The summed E-state index contributed by atoms with van der Waals surface area (Å²) in [6.45, 7) is 4.16. The number of carbonyl (C=O) groups is 1. The van der Waals surface area contributed by atoms with Crippen LogP contribution in [-0.2, 0) is 23.4 Å². The third-order valence-corrected chi connectivity index (χ3v) is 6.73. The Morgan fingerprint density at radius 2 is 2.00 bits per heavy atom. The number of esters is 1. The Morgan fingerprint density at radius 3 is 2.62 bits per heavy atom. The van der Waals surface area contributed by atoms with Crippen molar-refractivity contribution in [2.24, 2.45) is 5.11 Å². The van der Waals surface area contributed by atoms with Gasteiger partial charge in [0.15, 0.2) is 0 Å². The SMILES string of the molecule is CC(C)OC(=O)[C@@H](C)NP(=O)(OC[C@H]1O[C@@H](n2ccc(=O)[nH]c2=O)C(N=[N+]=[N-])[C@@H]1O)Oc1ccccc1. The molecule has 0 spiro atoms. The summed E-state index contributed by atoms with van der Waals surface area (Å²) in [5.74, 6) is -0.533. The molecule has 6 atom stereocenters. The fourth-order valence-corrected chi connectivity index (χ4v) is 4.92. The number of nitrogens with zero attached hydrogens (tertiary/aromatic N) is 4. The van der Waals surface area contributed by atoms with Crippen molar-refractivity contribution < 1.29 is 33.0 Å². The van der Waals surface area contributed by atoms with Gasteiger partial charge in [-0.3, -0.25) is 23.7 Å². The highest BCUT2D eigenvalue weighted by Crippen LogP contribution is 2.46. The second kappa shape index (κ2) is 12.2. The maximum absolute atomic E-state index is 13.6. The van der Waals surface area contributed by atoms with Gasteiger partial charge >= 0.3 is 19.4 Å². The number of benzene rings is 1. The standard InChI is InChI=1S/C21H27N6O9P/c1-12(2)34-20(30)13(3)25-37(32,36-14-7-5-4-6-8-14)33-11-15-18(29)17(24-26-22)19(35-15)27-10-9-16(28)23-21(27)31/h4-10,12-13,15,17-19,29H,11H2,1-3H3,(H,25,32)(H,23,28,31)/t13-,15-,17?,18-,19-,37?/m1/s1. The lowest BCUT2D eigenvalue weighted by Crippen LogP contribution is -2.38. The highest BCUT2D eigenvalue weighted by atomic mass is 31.2. The predicted molar refractivity (Wildman–Crippen MR) is 129 cm³/mol. The molecular weight excluding hydrogens is 511 g/mol. The molecule has 15 nitrogen and oxygen atoms in total. The molecule has 0 amide bonds. The van der Waals surface area contributed by atoms with Crippen molar-refractivity contribution >= 4 is 13.7 Å². The Bertz CT molecular complexity index is 1290. The van der Waals surface area contributed by atoms with Crippen LogP contribution < -0.4 is 20.9 Å². The molecule has 1 aromatic carbocycles. The van der Waals surface area contributed by atoms with E-state index in [0.717, 1.165) is 16.8 Å². The van der Waals surface area contributed by atoms with Crippen LogP contribution in [0.5, 0.6) is 5.75 Å². The summed E-state index contributed by atoms with van der Waals surface area (Å²) in [4.78, 5) is 40.6. The number of nitrogens with one attached hydrogen (secondary N) is 2. The van der Waals surface area contributed by atoms with Crippen LogP contribution in [0.4, 0.5) is 0 Å². The molecule has 1 aromatic heterocycles. The van der Waals surface area contributed by atoms with Gasteiger partial charge < -0.3 is 19.1 Å². The summed E-state index contributed by atoms with van der Waals surface area (Å²) in [5, 5.41) is 16.7. The van der Waals surface area contributed by atoms with E-state index in [4.69, 9.17) is 24.1 Å². The minimum Gasteiger partial charge on any atom is -0.462 e. The summed E-state index contributed by atoms with van der Waals surface area (Å²) in [7, 11) is -4.28. The van der Waals surface area contributed by atoms with E-state index in [1.807, 2.05) is 4.98 Å². The lowest BCUT2D eigenvalue weighted by Gasteiger charge is -2.25. The molecule has 3 rings (SSSR count). The van der Waals surface area contributed by atoms with Crippen LogP contribution in [0.2, 0.25) is 0 Å². The average Bonchev–Trinajstić information content (AvgIpc) is 3.13. The Morgan fingerprint density at radius 1 is 1.30 bits per heavy atom. The third-order valence-electron chi connectivity index (χ3n) is 5.08. The van der Waals surface area contributed by atoms with Crippen molar-refractivity contribution in [2.75, 3.05) is 6.61 Å². The van der Waals surface area contributed by atoms with Gasteiger partial charge in [-0.15, -0.1) is 0 Å². The molecule has 200 valence electrons. The number of aliphatic hydroxyl groups excluding tert-OH is 1. The first-order chi connectivity index (χ1) is 17.5. The number of para-hydroxylation sites is 1. The van der Waals surface area contributed by atoms with E-state index in [9.17, 15) is 24.1 Å². The molecule has 2 unspecified atom stereocenters. The molecule has 1 aliphatic rings. The molecule has 1 aliphatic heterocycles. The van der Waals surface area contributed by atoms with E-state index in [1.165, 1.54) is 19.1 Å². The van der Waals surface area contributed by atoms with Gasteiger partial charge in [0.1, 0.15) is 30.2 Å². The van der Waals surface area contributed by atoms with Gasteiger partial charge in [0.05, 0.1) is 18.8 Å². The van der Waals surface area contributed by atoms with Gasteiger partial charge in [0, 0.05) is 17.2 Å². The van der Waals surface area contributed by atoms with Gasteiger partial charge in [0.25, 0.3) is 5.56 Å². The van der Waals surface area contributed by atoms with Gasteiger partial charge in [-0.25, -0.2) is 9.36 Å². The monoisotopic (exact) mass is 538 g/mol. The maximum atomic E-state index is 13.6. The van der Waals surface area contributed by atoms with Gasteiger partial charge in [-0.1, -0.05) is 23.3 Å². The average molecular weight is 538 g/mol. The number of ether oxygens (including phenoxy) is 2. The molecule has 0 radical (unpaired) electrons. The number of hydrogen-bond acceptors (Lipinski definition) is 10. The molecule has 0 bridgehead atoms. The lowest BCUT2D eigenvalue weighted by molar-refractivity contribution is -0.149. The van der Waals surface area contributed by atoms with Crippen molar-refractivity contribution in [3.05, 3.63) is 73.9 Å². The van der Waals surface area contributed by atoms with Crippen LogP contribution in [0.1, 0.15) is 27.0 Å². The van der Waals surface area contributed by atoms with Crippen molar-refractivity contribution in [3.63, 3.8) is 0 Å². The van der Waals surface area contributed by atoms with Gasteiger partial charge in [-0.05, 0) is 38.4 Å². The maximum Gasteiger partial charge on any atom is 0.459 e. The number of aromatic amines is 1. The van der Waals surface area contributed by atoms with Crippen LogP contribution in [-0.4, -0.2) is 57.6 Å². The normalized spacial score (nSPS) is 23.6. The molecule has 0 aliphatic carbocycles. The smallest absolute Gasteiger partial charge is 0.459 e. The van der Waals surface area contributed by atoms with Crippen LogP contribution >= 0.6 is 7.75 Å². The van der Waals surface area contributed by atoms with Crippen molar-refractivity contribution in [2.45, 2.75) is 57.4 Å². The zero-order chi connectivity index (χ0) is 27.2. The number of aliphatic hydroxyl groups is 1. The van der Waals surface area contributed by atoms with Crippen LogP contribution in [0.3, 0.4) is 0 Å². The van der Waals surface area contributed by atoms with Gasteiger partial charge in [-0.2, -0.15) is 5.09 Å². The number of carbonyl (C=O) groups excluding carboxylic acids is 1. The van der Waals surface area contributed by atoms with E-state index in [0.29, 0.717) is 0 Å². The third kappa shape index (κ3) is 7.29. The quantitative estimate of drug-likeness (QED) is 0.124. The largest absolute Gasteiger partial charge is 0.462 e. The zero-order valence-corrected chi connectivity index (χ0v) is 21.1. The molecular formula is C21H27N6O9P. The summed E-state index contributed by atoms with van der Waals surface area (Å²) in [5.41, 5.74) is 7.43. The number of azide groups is 1. The highest BCUT2D eigenvalue weighted by Gasteiger charge is 2.46. The van der Waals surface area contributed by atoms with Crippen molar-refractivity contribution in [1.82, 2.24) is 14.6 Å². The first-order valence-electron chi connectivity index (χ1n) is 11.2.